The molecule has 5 nitrogen and oxygen atoms in total. The predicted molar refractivity (Wildman–Crippen MR) is 69.6 cm³/mol. The molecule has 1 aliphatic rings. The van der Waals surface area contributed by atoms with Gasteiger partial charge in [-0.1, -0.05) is 36.4 Å². The minimum absolute atomic E-state index is 0.0929. The van der Waals surface area contributed by atoms with Crippen LogP contribution in [-0.4, -0.2) is 23.0 Å². The summed E-state index contributed by atoms with van der Waals surface area (Å²) < 4.78 is 10.4. The minimum atomic E-state index is -2.12. The van der Waals surface area contributed by atoms with Gasteiger partial charge in [-0.05, 0) is 17.7 Å². The lowest BCUT2D eigenvalue weighted by Gasteiger charge is -2.24. The van der Waals surface area contributed by atoms with E-state index in [1.54, 1.807) is 36.4 Å². The van der Waals surface area contributed by atoms with Crippen molar-refractivity contribution in [2.24, 2.45) is 0 Å². The predicted octanol–water partition coefficient (Wildman–Crippen LogP) is 1.74. The van der Waals surface area contributed by atoms with Crippen LogP contribution in [0.25, 0.3) is 0 Å². The number of carbonyl (C=O) groups is 1. The Bertz CT molecular complexity index is 653. The van der Waals surface area contributed by atoms with Crippen LogP contribution in [-0.2, 0) is 10.4 Å². The number of carboxylic acids is 1. The maximum absolute atomic E-state index is 11.6. The number of hydrogen-bond donors (Lipinski definition) is 2. The van der Waals surface area contributed by atoms with Gasteiger partial charge in [0.05, 0.1) is 0 Å². The van der Waals surface area contributed by atoms with Crippen molar-refractivity contribution >= 4 is 5.97 Å². The molecule has 3 rings (SSSR count). The maximum atomic E-state index is 11.6. The number of ether oxygens (including phenoxy) is 2. The maximum Gasteiger partial charge on any atom is 0.345 e. The molecule has 20 heavy (non-hydrogen) atoms. The lowest BCUT2D eigenvalue weighted by atomic mass is 9.86. The highest BCUT2D eigenvalue weighted by atomic mass is 16.7. The Kier molecular flexibility index (Phi) is 2.84. The van der Waals surface area contributed by atoms with Crippen molar-refractivity contribution in [3.63, 3.8) is 0 Å². The van der Waals surface area contributed by atoms with E-state index in [0.29, 0.717) is 11.5 Å². The van der Waals surface area contributed by atoms with Gasteiger partial charge in [-0.25, -0.2) is 4.79 Å². The summed E-state index contributed by atoms with van der Waals surface area (Å²) in [5, 5.41) is 20.1. The fourth-order valence-corrected chi connectivity index (χ4v) is 2.21. The third-order valence-corrected chi connectivity index (χ3v) is 3.29. The van der Waals surface area contributed by atoms with Crippen LogP contribution in [0.4, 0.5) is 0 Å². The van der Waals surface area contributed by atoms with Crippen LogP contribution in [0.2, 0.25) is 0 Å². The molecule has 2 aromatic carbocycles. The molecule has 5 heteroatoms. The highest BCUT2D eigenvalue weighted by molar-refractivity contribution is 5.84. The van der Waals surface area contributed by atoms with Crippen LogP contribution in [0, 0.1) is 0 Å². The third kappa shape index (κ3) is 1.80. The monoisotopic (exact) mass is 272 g/mol. The Labute approximate surface area is 115 Å². The number of hydrogen-bond acceptors (Lipinski definition) is 4. The molecule has 0 saturated carbocycles. The van der Waals surface area contributed by atoms with Gasteiger partial charge in [0.1, 0.15) is 0 Å². The first-order valence-electron chi connectivity index (χ1n) is 6.04. The third-order valence-electron chi connectivity index (χ3n) is 3.29. The van der Waals surface area contributed by atoms with E-state index in [1.807, 2.05) is 0 Å². The van der Waals surface area contributed by atoms with E-state index in [0.717, 1.165) is 0 Å². The normalized spacial score (nSPS) is 15.7. The first-order chi connectivity index (χ1) is 9.62. The average molecular weight is 272 g/mol. The standard InChI is InChI=1S/C15H12O5/c16-14(17)15(18,10-4-2-1-3-5-10)11-6-7-12-13(8-11)20-9-19-12/h1-8,18H,9H2,(H,16,17). The largest absolute Gasteiger partial charge is 0.479 e. The fraction of sp³-hybridized carbons (Fsp3) is 0.133. The van der Waals surface area contributed by atoms with E-state index in [-0.39, 0.29) is 17.9 Å². The SMILES string of the molecule is O=C(O)C(O)(c1ccccc1)c1ccc2c(c1)OCO2. The van der Waals surface area contributed by atoms with Gasteiger partial charge in [0.15, 0.2) is 11.5 Å². The van der Waals surface area contributed by atoms with E-state index >= 15 is 0 Å². The molecule has 2 N–H and O–H groups in total. The molecular weight excluding hydrogens is 260 g/mol. The molecule has 0 spiro atoms. The molecule has 0 saturated heterocycles. The van der Waals surface area contributed by atoms with Crippen molar-refractivity contribution in [2.75, 3.05) is 6.79 Å². The number of benzene rings is 2. The molecule has 0 bridgehead atoms. The van der Waals surface area contributed by atoms with Crippen LogP contribution in [0.1, 0.15) is 11.1 Å². The average Bonchev–Trinajstić information content (AvgIpc) is 2.94. The van der Waals surface area contributed by atoms with Crippen molar-refractivity contribution in [3.05, 3.63) is 59.7 Å². The Balaban J connectivity index is 2.14. The number of aliphatic hydroxyl groups is 1. The molecule has 1 heterocycles. The Morgan fingerprint density at radius 3 is 2.40 bits per heavy atom. The van der Waals surface area contributed by atoms with Gasteiger partial charge in [-0.15, -0.1) is 0 Å². The second kappa shape index (κ2) is 4.54. The van der Waals surface area contributed by atoms with Crippen molar-refractivity contribution in [1.82, 2.24) is 0 Å². The molecule has 1 unspecified atom stereocenters. The van der Waals surface area contributed by atoms with Crippen molar-refractivity contribution in [1.29, 1.82) is 0 Å². The number of rotatable bonds is 3. The number of carboxylic acid groups (broad SMARTS) is 1. The number of fused-ring (bicyclic) bond motifs is 1. The Morgan fingerprint density at radius 1 is 1.00 bits per heavy atom. The summed E-state index contributed by atoms with van der Waals surface area (Å²) in [7, 11) is 0. The lowest BCUT2D eigenvalue weighted by Crippen LogP contribution is -2.36. The quantitative estimate of drug-likeness (QED) is 0.890. The van der Waals surface area contributed by atoms with Gasteiger partial charge in [0, 0.05) is 5.56 Å². The molecule has 0 aromatic heterocycles. The van der Waals surface area contributed by atoms with Crippen molar-refractivity contribution in [2.45, 2.75) is 5.60 Å². The molecular formula is C15H12O5. The summed E-state index contributed by atoms with van der Waals surface area (Å²) in [4.78, 5) is 11.6. The van der Waals surface area contributed by atoms with E-state index in [1.165, 1.54) is 12.1 Å². The molecule has 0 amide bonds. The highest BCUT2D eigenvalue weighted by Gasteiger charge is 2.40. The second-order valence-corrected chi connectivity index (χ2v) is 4.45. The van der Waals surface area contributed by atoms with Gasteiger partial charge in [0.2, 0.25) is 12.4 Å². The molecule has 2 aromatic rings. The van der Waals surface area contributed by atoms with E-state index < -0.39 is 11.6 Å². The Morgan fingerprint density at radius 2 is 1.70 bits per heavy atom. The van der Waals surface area contributed by atoms with Crippen LogP contribution >= 0.6 is 0 Å². The molecule has 0 aliphatic carbocycles. The number of aliphatic carboxylic acids is 1. The first-order valence-corrected chi connectivity index (χ1v) is 6.04. The summed E-state index contributed by atoms with van der Waals surface area (Å²) in [5.74, 6) is -0.379. The van der Waals surface area contributed by atoms with Gasteiger partial charge >= 0.3 is 5.97 Å². The van der Waals surface area contributed by atoms with Gasteiger partial charge in [0.25, 0.3) is 0 Å². The van der Waals surface area contributed by atoms with Crippen LogP contribution < -0.4 is 9.47 Å². The van der Waals surface area contributed by atoms with Crippen LogP contribution in [0.15, 0.2) is 48.5 Å². The zero-order valence-electron chi connectivity index (χ0n) is 10.4. The van der Waals surface area contributed by atoms with Crippen LogP contribution in [0.3, 0.4) is 0 Å². The summed E-state index contributed by atoms with van der Waals surface area (Å²) in [5.41, 5.74) is -1.62. The molecule has 1 aliphatic heterocycles. The van der Waals surface area contributed by atoms with Crippen LogP contribution in [0.5, 0.6) is 11.5 Å². The zero-order valence-corrected chi connectivity index (χ0v) is 10.4. The lowest BCUT2D eigenvalue weighted by molar-refractivity contribution is -0.155. The molecule has 102 valence electrons. The van der Waals surface area contributed by atoms with Gasteiger partial charge < -0.3 is 19.7 Å². The summed E-state index contributed by atoms with van der Waals surface area (Å²) in [6.45, 7) is 0.0929. The fourth-order valence-electron chi connectivity index (χ4n) is 2.21. The van der Waals surface area contributed by atoms with Gasteiger partial charge in [-0.3, -0.25) is 0 Å². The summed E-state index contributed by atoms with van der Waals surface area (Å²) >= 11 is 0. The molecule has 0 radical (unpaired) electrons. The summed E-state index contributed by atoms with van der Waals surface area (Å²) in [6.07, 6.45) is 0. The van der Waals surface area contributed by atoms with E-state index in [2.05, 4.69) is 0 Å². The second-order valence-electron chi connectivity index (χ2n) is 4.45. The Hall–Kier alpha value is -2.53. The van der Waals surface area contributed by atoms with Crippen molar-refractivity contribution in [3.8, 4) is 11.5 Å². The topological polar surface area (TPSA) is 76.0 Å². The van der Waals surface area contributed by atoms with E-state index in [9.17, 15) is 15.0 Å². The molecule has 0 fully saturated rings. The minimum Gasteiger partial charge on any atom is -0.479 e. The van der Waals surface area contributed by atoms with E-state index in [4.69, 9.17) is 9.47 Å². The smallest absolute Gasteiger partial charge is 0.345 e. The molecule has 1 atom stereocenters. The van der Waals surface area contributed by atoms with Gasteiger partial charge in [-0.2, -0.15) is 0 Å². The summed E-state index contributed by atoms with van der Waals surface area (Å²) in [6, 6.07) is 12.8. The van der Waals surface area contributed by atoms with Crippen molar-refractivity contribution < 1.29 is 24.5 Å². The highest BCUT2D eigenvalue weighted by Crippen LogP contribution is 2.38. The first kappa shape index (κ1) is 12.5. The zero-order chi connectivity index (χ0) is 14.2.